The summed E-state index contributed by atoms with van der Waals surface area (Å²) in [5.41, 5.74) is 3.44. The fourth-order valence-electron chi connectivity index (χ4n) is 1.61. The van der Waals surface area contributed by atoms with Crippen molar-refractivity contribution in [2.24, 2.45) is 5.73 Å². The van der Waals surface area contributed by atoms with Crippen LogP contribution < -0.4 is 11.1 Å². The van der Waals surface area contributed by atoms with E-state index in [1.54, 1.807) is 0 Å². The van der Waals surface area contributed by atoms with E-state index in [4.69, 9.17) is 5.73 Å². The van der Waals surface area contributed by atoms with Crippen molar-refractivity contribution in [2.75, 3.05) is 0 Å². The van der Waals surface area contributed by atoms with E-state index in [-0.39, 0.29) is 6.42 Å². The molecule has 0 spiro atoms. The Kier molecular flexibility index (Phi) is 5.54. The predicted octanol–water partition coefficient (Wildman–Crippen LogP) is 2.59. The number of carbonyl (C=O) groups excluding carboxylic acids is 2. The molecule has 0 unspecified atom stereocenters. The number of nitrogens with two attached hydrogens (primary N) is 1. The first-order valence-corrected chi connectivity index (χ1v) is 6.52. The number of amides is 2. The van der Waals surface area contributed by atoms with Crippen molar-refractivity contribution >= 4 is 27.7 Å². The third-order valence-corrected chi connectivity index (χ3v) is 2.88. The van der Waals surface area contributed by atoms with Crippen LogP contribution in [0.2, 0.25) is 0 Å². The van der Waals surface area contributed by atoms with E-state index in [1.165, 1.54) is 12.1 Å². The fourth-order valence-corrected chi connectivity index (χ4v) is 1.93. The number of rotatable bonds is 5. The largest absolute Gasteiger partial charge is 0.417 e. The molecule has 1 rings (SSSR count). The van der Waals surface area contributed by atoms with E-state index in [0.717, 1.165) is 12.1 Å². The van der Waals surface area contributed by atoms with E-state index in [0.29, 0.717) is 4.48 Å². The van der Waals surface area contributed by atoms with Gasteiger partial charge in [-0.3, -0.25) is 9.59 Å². The van der Waals surface area contributed by atoms with Gasteiger partial charge in [-0.25, -0.2) is 0 Å². The predicted molar refractivity (Wildman–Crippen MR) is 74.6 cm³/mol. The molecule has 0 fully saturated rings. The van der Waals surface area contributed by atoms with Gasteiger partial charge >= 0.3 is 6.18 Å². The molecule has 0 saturated heterocycles. The molecule has 1 atom stereocenters. The van der Waals surface area contributed by atoms with Crippen LogP contribution in [0.1, 0.15) is 22.3 Å². The van der Waals surface area contributed by atoms with E-state index in [9.17, 15) is 22.8 Å². The van der Waals surface area contributed by atoms with Crippen molar-refractivity contribution in [3.63, 3.8) is 0 Å². The van der Waals surface area contributed by atoms with Gasteiger partial charge in [-0.05, 0) is 16.6 Å². The minimum Gasteiger partial charge on any atom is -0.368 e. The van der Waals surface area contributed by atoms with E-state index in [2.05, 4.69) is 27.8 Å². The average Bonchev–Trinajstić information content (AvgIpc) is 2.36. The number of primary amides is 1. The molecule has 0 saturated carbocycles. The minimum absolute atomic E-state index is 0.0186. The molecule has 4 nitrogen and oxygen atoms in total. The smallest absolute Gasteiger partial charge is 0.368 e. The Morgan fingerprint density at radius 1 is 1.33 bits per heavy atom. The molecular formula is C13H12BrF3N2O2. The van der Waals surface area contributed by atoms with Gasteiger partial charge in [0, 0.05) is 6.42 Å². The summed E-state index contributed by atoms with van der Waals surface area (Å²) in [4.78, 5) is 23.2. The lowest BCUT2D eigenvalue weighted by atomic mass is 10.1. The summed E-state index contributed by atoms with van der Waals surface area (Å²) in [6.07, 6.45) is -4.69. The van der Waals surface area contributed by atoms with Crippen LogP contribution in [0.3, 0.4) is 0 Å². The van der Waals surface area contributed by atoms with Crippen molar-refractivity contribution in [3.8, 4) is 0 Å². The van der Waals surface area contributed by atoms with Gasteiger partial charge in [0.15, 0.2) is 0 Å². The third-order valence-electron chi connectivity index (χ3n) is 2.55. The first-order valence-electron chi connectivity index (χ1n) is 5.72. The molecule has 2 amide bonds. The molecule has 0 bridgehead atoms. The summed E-state index contributed by atoms with van der Waals surface area (Å²) >= 11 is 3.00. The van der Waals surface area contributed by atoms with E-state index < -0.39 is 35.2 Å². The summed E-state index contributed by atoms with van der Waals surface area (Å²) in [7, 11) is 0. The lowest BCUT2D eigenvalue weighted by Crippen LogP contribution is -2.44. The van der Waals surface area contributed by atoms with E-state index >= 15 is 0 Å². The van der Waals surface area contributed by atoms with Gasteiger partial charge in [0.2, 0.25) is 5.91 Å². The first-order chi connectivity index (χ1) is 9.62. The molecule has 1 aromatic carbocycles. The number of hydrogen-bond donors (Lipinski definition) is 2. The van der Waals surface area contributed by atoms with Crippen molar-refractivity contribution in [2.45, 2.75) is 18.6 Å². The molecule has 21 heavy (non-hydrogen) atoms. The molecule has 0 heterocycles. The zero-order valence-corrected chi connectivity index (χ0v) is 12.3. The van der Waals surface area contributed by atoms with Crippen molar-refractivity contribution in [1.82, 2.24) is 5.32 Å². The van der Waals surface area contributed by atoms with Crippen molar-refractivity contribution in [1.29, 1.82) is 0 Å². The Bertz CT molecular complexity index is 573. The Balaban J connectivity index is 3.04. The van der Waals surface area contributed by atoms with E-state index in [1.807, 2.05) is 0 Å². The highest BCUT2D eigenvalue weighted by Gasteiger charge is 2.35. The molecule has 0 aliphatic carbocycles. The molecule has 0 radical (unpaired) electrons. The van der Waals surface area contributed by atoms with Crippen molar-refractivity contribution < 1.29 is 22.8 Å². The fraction of sp³-hybridized carbons (Fsp3) is 0.231. The summed E-state index contributed by atoms with van der Waals surface area (Å²) in [5, 5.41) is 2.17. The Morgan fingerprint density at radius 3 is 2.38 bits per heavy atom. The summed E-state index contributed by atoms with van der Waals surface area (Å²) in [5.74, 6) is -1.89. The molecule has 114 valence electrons. The number of halogens is 4. The van der Waals surface area contributed by atoms with Crippen LogP contribution in [0.4, 0.5) is 13.2 Å². The number of benzene rings is 1. The average molecular weight is 365 g/mol. The normalized spacial score (nSPS) is 12.6. The molecule has 0 aliphatic rings. The van der Waals surface area contributed by atoms with Gasteiger partial charge in [0.25, 0.3) is 5.91 Å². The highest BCUT2D eigenvalue weighted by Crippen LogP contribution is 2.31. The first kappa shape index (κ1) is 17.2. The molecular weight excluding hydrogens is 353 g/mol. The number of carbonyl (C=O) groups is 2. The monoisotopic (exact) mass is 364 g/mol. The van der Waals surface area contributed by atoms with Crippen LogP contribution in [0.15, 0.2) is 35.3 Å². The quantitative estimate of drug-likeness (QED) is 0.842. The number of alkyl halides is 3. The zero-order chi connectivity index (χ0) is 16.2. The number of hydrogen-bond acceptors (Lipinski definition) is 2. The minimum atomic E-state index is -4.67. The van der Waals surface area contributed by atoms with Crippen molar-refractivity contribution in [3.05, 3.63) is 46.5 Å². The molecule has 0 aromatic heterocycles. The highest BCUT2D eigenvalue weighted by molar-refractivity contribution is 9.11. The molecule has 1 aromatic rings. The van der Waals surface area contributed by atoms with Crippen LogP contribution in [0, 0.1) is 0 Å². The maximum Gasteiger partial charge on any atom is 0.417 e. The second-order valence-electron chi connectivity index (χ2n) is 4.19. The topological polar surface area (TPSA) is 72.2 Å². The Hall–Kier alpha value is -1.83. The Labute approximate surface area is 127 Å². The van der Waals surface area contributed by atoms with Crippen LogP contribution in [-0.2, 0) is 11.0 Å². The maximum absolute atomic E-state index is 12.8. The lowest BCUT2D eigenvalue weighted by Gasteiger charge is -2.17. The molecule has 8 heteroatoms. The van der Waals surface area contributed by atoms with Crippen LogP contribution >= 0.6 is 15.9 Å². The van der Waals surface area contributed by atoms with Gasteiger partial charge < -0.3 is 11.1 Å². The third kappa shape index (κ3) is 4.89. The standard InChI is InChI=1S/C13H12BrF3N2O2/c1-7(14)6-10(11(18)20)19-12(21)8-4-2-3-5-9(8)13(15,16)17/h2-5,10H,1,6H2,(H2,18,20)(H,19,21)/t10-/m1/s1. The van der Waals surface area contributed by atoms with Gasteiger partial charge in [-0.1, -0.05) is 34.6 Å². The number of nitrogens with one attached hydrogen (secondary N) is 1. The summed E-state index contributed by atoms with van der Waals surface area (Å²) < 4.78 is 38.8. The molecule has 3 N–H and O–H groups in total. The maximum atomic E-state index is 12.8. The second-order valence-corrected chi connectivity index (χ2v) is 5.31. The van der Waals surface area contributed by atoms with Crippen LogP contribution in [0.5, 0.6) is 0 Å². The Morgan fingerprint density at radius 2 is 1.90 bits per heavy atom. The highest BCUT2D eigenvalue weighted by atomic mass is 79.9. The van der Waals surface area contributed by atoms with Crippen LogP contribution in [0.25, 0.3) is 0 Å². The van der Waals surface area contributed by atoms with Gasteiger partial charge in [0.05, 0.1) is 11.1 Å². The van der Waals surface area contributed by atoms with Gasteiger partial charge in [-0.2, -0.15) is 13.2 Å². The summed E-state index contributed by atoms with van der Waals surface area (Å²) in [6.45, 7) is 3.49. The SMILES string of the molecule is C=C(Br)C[C@@H](NC(=O)c1ccccc1C(F)(F)F)C(N)=O. The van der Waals surface area contributed by atoms with Crippen LogP contribution in [-0.4, -0.2) is 17.9 Å². The summed E-state index contributed by atoms with van der Waals surface area (Å²) in [6, 6.07) is 3.14. The van der Waals surface area contributed by atoms with Gasteiger partial charge in [-0.15, -0.1) is 0 Å². The molecule has 0 aliphatic heterocycles. The van der Waals surface area contributed by atoms with Gasteiger partial charge in [0.1, 0.15) is 6.04 Å². The lowest BCUT2D eigenvalue weighted by molar-refractivity contribution is -0.137. The zero-order valence-electron chi connectivity index (χ0n) is 10.7. The second kappa shape index (κ2) is 6.75.